The van der Waals surface area contributed by atoms with Gasteiger partial charge in [0, 0.05) is 36.2 Å². The Morgan fingerprint density at radius 2 is 1.76 bits per heavy atom. The molecule has 2 saturated carbocycles. The lowest BCUT2D eigenvalue weighted by molar-refractivity contribution is -0.124. The zero-order valence-corrected chi connectivity index (χ0v) is 26.2. The number of anilines is 1. The Morgan fingerprint density at radius 3 is 2.37 bits per heavy atom. The number of hydrogen-bond donors (Lipinski definition) is 1. The Labute approximate surface area is 249 Å². The first kappa shape index (κ1) is 31.1. The molecule has 4 rings (SSSR count). The second kappa shape index (κ2) is 13.4. The van der Waals surface area contributed by atoms with E-state index < -0.39 is 5.97 Å². The molecule has 0 unspecified atom stereocenters. The van der Waals surface area contributed by atoms with Crippen molar-refractivity contribution in [1.82, 2.24) is 9.88 Å². The van der Waals surface area contributed by atoms with Gasteiger partial charge in [-0.2, -0.15) is 0 Å². The molecule has 7 nitrogen and oxygen atoms in total. The van der Waals surface area contributed by atoms with Crippen molar-refractivity contribution in [3.63, 3.8) is 0 Å². The molecule has 0 saturated heterocycles. The van der Waals surface area contributed by atoms with Crippen LogP contribution in [0.1, 0.15) is 99.3 Å². The average Bonchev–Trinajstić information content (AvgIpc) is 3.33. The van der Waals surface area contributed by atoms with E-state index in [0.717, 1.165) is 69.4 Å². The summed E-state index contributed by atoms with van der Waals surface area (Å²) < 4.78 is 6.36. The van der Waals surface area contributed by atoms with Crippen LogP contribution in [-0.4, -0.2) is 53.1 Å². The molecule has 2 aromatic rings. The average molecular weight is 580 g/mol. The third kappa shape index (κ3) is 8.56. The monoisotopic (exact) mass is 579 g/mol. The van der Waals surface area contributed by atoms with Crippen molar-refractivity contribution in [2.75, 3.05) is 19.0 Å². The number of aromatic carboxylic acids is 1. The standard InChI is InChI=1S/C33H45N3O4S/c1-22-7-9-23(10-8-22)31(37)36(29-20-28(15-17-33(2,3)4)41-30(29)32(38)39)25-11-13-26(14-12-25)40-27-16-18-34-24(19-27)21-35(5)6/h16,18-20,22-23,25-26H,7-14,21H2,1-6H3,(H,38,39)/t22?,23?,25-,26-. The Morgan fingerprint density at radius 1 is 1.07 bits per heavy atom. The highest BCUT2D eigenvalue weighted by molar-refractivity contribution is 7.15. The van der Waals surface area contributed by atoms with Crippen molar-refractivity contribution in [1.29, 1.82) is 0 Å². The number of carboxylic acid groups (broad SMARTS) is 1. The highest BCUT2D eigenvalue weighted by Gasteiger charge is 2.37. The van der Waals surface area contributed by atoms with Crippen molar-refractivity contribution in [3.05, 3.63) is 39.8 Å². The van der Waals surface area contributed by atoms with Gasteiger partial charge in [0.15, 0.2) is 0 Å². The quantitative estimate of drug-likeness (QED) is 0.345. The van der Waals surface area contributed by atoms with Crippen LogP contribution in [0.2, 0.25) is 0 Å². The number of pyridine rings is 1. The fourth-order valence-corrected chi connectivity index (χ4v) is 6.62. The molecule has 8 heteroatoms. The van der Waals surface area contributed by atoms with Crippen molar-refractivity contribution < 1.29 is 19.4 Å². The molecule has 0 bridgehead atoms. The van der Waals surface area contributed by atoms with Crippen LogP contribution in [0.3, 0.4) is 0 Å². The molecular weight excluding hydrogens is 534 g/mol. The largest absolute Gasteiger partial charge is 0.490 e. The number of aromatic nitrogens is 1. The number of amides is 1. The number of hydrogen-bond acceptors (Lipinski definition) is 6. The minimum atomic E-state index is -1.01. The zero-order valence-electron chi connectivity index (χ0n) is 25.4. The highest BCUT2D eigenvalue weighted by atomic mass is 32.1. The van der Waals surface area contributed by atoms with Crippen LogP contribution >= 0.6 is 11.3 Å². The van der Waals surface area contributed by atoms with Gasteiger partial charge in [0.25, 0.3) is 0 Å². The zero-order chi connectivity index (χ0) is 29.7. The second-order valence-corrected chi connectivity index (χ2v) is 14.1. The summed E-state index contributed by atoms with van der Waals surface area (Å²) in [5.74, 6) is 6.82. The molecule has 2 heterocycles. The maximum Gasteiger partial charge on any atom is 0.348 e. The lowest BCUT2D eigenvalue weighted by atomic mass is 9.81. The van der Waals surface area contributed by atoms with Gasteiger partial charge in [-0.3, -0.25) is 9.78 Å². The summed E-state index contributed by atoms with van der Waals surface area (Å²) in [6.45, 7) is 9.08. The Bertz CT molecular complexity index is 1270. The predicted octanol–water partition coefficient (Wildman–Crippen LogP) is 6.85. The Kier molecular flexibility index (Phi) is 10.1. The summed E-state index contributed by atoms with van der Waals surface area (Å²) >= 11 is 1.17. The fourth-order valence-electron chi connectivity index (χ4n) is 5.78. The van der Waals surface area contributed by atoms with E-state index in [1.165, 1.54) is 11.3 Å². The Hall–Kier alpha value is -2.89. The van der Waals surface area contributed by atoms with E-state index in [4.69, 9.17) is 4.74 Å². The first-order valence-corrected chi connectivity index (χ1v) is 15.7. The van der Waals surface area contributed by atoms with E-state index in [1.54, 1.807) is 6.20 Å². The summed E-state index contributed by atoms with van der Waals surface area (Å²) in [4.78, 5) is 35.8. The van der Waals surface area contributed by atoms with E-state index in [-0.39, 0.29) is 34.3 Å². The molecule has 0 aliphatic heterocycles. The van der Waals surface area contributed by atoms with Gasteiger partial charge in [-0.05, 0) is 104 Å². The van der Waals surface area contributed by atoms with Crippen LogP contribution in [-0.2, 0) is 11.3 Å². The van der Waals surface area contributed by atoms with E-state index in [0.29, 0.717) is 16.5 Å². The molecule has 0 aromatic carbocycles. The number of thiophene rings is 1. The van der Waals surface area contributed by atoms with Crippen LogP contribution in [0.4, 0.5) is 5.69 Å². The maximum atomic E-state index is 14.2. The molecule has 2 aliphatic carbocycles. The maximum absolute atomic E-state index is 14.2. The highest BCUT2D eigenvalue weighted by Crippen LogP contribution is 2.39. The van der Waals surface area contributed by atoms with Crippen molar-refractivity contribution in [3.8, 4) is 17.6 Å². The number of carboxylic acids is 1. The van der Waals surface area contributed by atoms with E-state index >= 15 is 0 Å². The minimum absolute atomic E-state index is 0.0444. The van der Waals surface area contributed by atoms with Gasteiger partial charge in [0.05, 0.1) is 22.4 Å². The Balaban J connectivity index is 1.57. The molecule has 2 fully saturated rings. The smallest absolute Gasteiger partial charge is 0.348 e. The van der Waals surface area contributed by atoms with Crippen LogP contribution in [0.15, 0.2) is 24.4 Å². The summed E-state index contributed by atoms with van der Waals surface area (Å²) in [6, 6.07) is 5.66. The summed E-state index contributed by atoms with van der Waals surface area (Å²) in [7, 11) is 4.03. The fraction of sp³-hybridized carbons (Fsp3) is 0.606. The topological polar surface area (TPSA) is 83.0 Å². The first-order valence-electron chi connectivity index (χ1n) is 14.9. The third-order valence-corrected chi connectivity index (χ3v) is 8.94. The summed E-state index contributed by atoms with van der Waals surface area (Å²) in [5.41, 5.74) is 1.27. The van der Waals surface area contributed by atoms with E-state index in [1.807, 2.05) is 58.0 Å². The van der Waals surface area contributed by atoms with Gasteiger partial charge in [-0.1, -0.05) is 18.8 Å². The van der Waals surface area contributed by atoms with Gasteiger partial charge in [-0.15, -0.1) is 11.3 Å². The van der Waals surface area contributed by atoms with Crippen molar-refractivity contribution in [2.24, 2.45) is 17.3 Å². The molecule has 1 N–H and O–H groups in total. The number of carbonyl (C=O) groups excluding carboxylic acids is 1. The molecule has 2 aromatic heterocycles. The second-order valence-electron chi connectivity index (χ2n) is 13.1. The number of carbonyl (C=O) groups is 2. The van der Waals surface area contributed by atoms with Crippen LogP contribution in [0.5, 0.6) is 5.75 Å². The molecule has 2 aliphatic rings. The van der Waals surface area contributed by atoms with Crippen molar-refractivity contribution >= 4 is 28.9 Å². The normalized spacial score (nSPS) is 23.0. The molecule has 0 spiro atoms. The van der Waals surface area contributed by atoms with Gasteiger partial charge in [0.1, 0.15) is 10.6 Å². The van der Waals surface area contributed by atoms with Gasteiger partial charge < -0.3 is 19.6 Å². The van der Waals surface area contributed by atoms with Crippen LogP contribution in [0, 0.1) is 29.1 Å². The van der Waals surface area contributed by atoms with Crippen LogP contribution < -0.4 is 9.64 Å². The molecule has 0 atom stereocenters. The SMILES string of the molecule is CC1CCC(C(=O)N(c2cc(C#CC(C)(C)C)sc2C(=O)O)[C@H]2CC[C@H](Oc3ccnc(CN(C)C)c3)CC2)CC1. The predicted molar refractivity (Wildman–Crippen MR) is 165 cm³/mol. The van der Waals surface area contributed by atoms with E-state index in [2.05, 4.69) is 28.6 Å². The van der Waals surface area contributed by atoms with Crippen LogP contribution in [0.25, 0.3) is 0 Å². The first-order chi connectivity index (χ1) is 19.4. The molecule has 222 valence electrons. The summed E-state index contributed by atoms with van der Waals surface area (Å²) in [5, 5.41) is 10.2. The third-order valence-electron chi connectivity index (χ3n) is 7.91. The van der Waals surface area contributed by atoms with Gasteiger partial charge in [-0.25, -0.2) is 4.79 Å². The molecule has 41 heavy (non-hydrogen) atoms. The van der Waals surface area contributed by atoms with E-state index in [9.17, 15) is 14.7 Å². The summed E-state index contributed by atoms with van der Waals surface area (Å²) in [6.07, 6.45) is 8.72. The number of ether oxygens (including phenoxy) is 1. The lowest BCUT2D eigenvalue weighted by Gasteiger charge is -2.39. The lowest BCUT2D eigenvalue weighted by Crippen LogP contribution is -2.47. The van der Waals surface area contributed by atoms with Crippen molar-refractivity contribution in [2.45, 2.75) is 97.8 Å². The molecule has 1 amide bonds. The molecular formula is C33H45N3O4S. The molecule has 0 radical (unpaired) electrons. The van der Waals surface area contributed by atoms with Gasteiger partial charge in [0.2, 0.25) is 5.91 Å². The number of rotatable bonds is 8. The number of nitrogens with zero attached hydrogens (tertiary/aromatic N) is 3. The van der Waals surface area contributed by atoms with Gasteiger partial charge >= 0.3 is 5.97 Å². The minimum Gasteiger partial charge on any atom is -0.490 e.